The van der Waals surface area contributed by atoms with Gasteiger partial charge in [-0.25, -0.2) is 4.79 Å². The van der Waals surface area contributed by atoms with Crippen LogP contribution in [-0.2, 0) is 0 Å². The molecule has 0 spiro atoms. The van der Waals surface area contributed by atoms with Crippen LogP contribution in [0.4, 0.5) is 4.79 Å². The molecule has 0 aliphatic carbocycles. The number of carboxylic acid groups (broad SMARTS) is 1. The minimum atomic E-state index is -1.00. The van der Waals surface area contributed by atoms with Crippen molar-refractivity contribution in [2.45, 2.75) is 18.5 Å². The maximum absolute atomic E-state index is 10.1. The van der Waals surface area contributed by atoms with Crippen molar-refractivity contribution in [3.05, 3.63) is 0 Å². The molecule has 0 unspecified atom stereocenters. The molecule has 11 heavy (non-hydrogen) atoms. The molecule has 2 atom stereocenters. The van der Waals surface area contributed by atoms with E-state index in [1.54, 1.807) is 0 Å². The highest BCUT2D eigenvalue weighted by atomic mass is 16.4. The molecule has 5 heteroatoms. The van der Waals surface area contributed by atoms with E-state index in [0.717, 1.165) is 0 Å². The fourth-order valence-electron chi connectivity index (χ4n) is 1.24. The molecule has 1 fully saturated rings. The zero-order valence-corrected chi connectivity index (χ0v) is 6.08. The molecule has 64 valence electrons. The first-order chi connectivity index (χ1) is 5.22. The Morgan fingerprint density at radius 1 is 1.73 bits per heavy atom. The van der Waals surface area contributed by atoms with Crippen LogP contribution < -0.4 is 10.6 Å². The van der Waals surface area contributed by atoms with Crippen LogP contribution in [0.15, 0.2) is 0 Å². The second-order valence-corrected chi connectivity index (χ2v) is 2.67. The van der Waals surface area contributed by atoms with Gasteiger partial charge in [0.05, 0.1) is 6.61 Å². The Bertz CT molecular complexity index is 151. The number of hydrogen-bond donors (Lipinski definition) is 4. The molecule has 1 aliphatic heterocycles. The number of nitrogens with one attached hydrogen (secondary N) is 2. The molecule has 0 aromatic carbocycles. The monoisotopic (exact) mass is 160 g/mol. The summed E-state index contributed by atoms with van der Waals surface area (Å²) in [4.78, 5) is 10.1. The van der Waals surface area contributed by atoms with E-state index in [1.165, 1.54) is 0 Å². The van der Waals surface area contributed by atoms with Gasteiger partial charge in [-0.05, 0) is 6.42 Å². The maximum Gasteiger partial charge on any atom is 0.404 e. The summed E-state index contributed by atoms with van der Waals surface area (Å²) >= 11 is 0. The molecule has 0 saturated carbocycles. The lowest BCUT2D eigenvalue weighted by Crippen LogP contribution is -2.34. The lowest BCUT2D eigenvalue weighted by molar-refractivity contribution is 0.190. The van der Waals surface area contributed by atoms with Crippen molar-refractivity contribution < 1.29 is 15.0 Å². The first-order valence-corrected chi connectivity index (χ1v) is 3.56. The summed E-state index contributed by atoms with van der Waals surface area (Å²) in [5.74, 6) is 0. The summed E-state index contributed by atoms with van der Waals surface area (Å²) < 4.78 is 0. The summed E-state index contributed by atoms with van der Waals surface area (Å²) in [6, 6.07) is -0.00324. The average molecular weight is 160 g/mol. The Hall–Kier alpha value is -0.810. The van der Waals surface area contributed by atoms with Crippen molar-refractivity contribution >= 4 is 6.09 Å². The number of aliphatic hydroxyl groups excluding tert-OH is 1. The van der Waals surface area contributed by atoms with Gasteiger partial charge in [0, 0.05) is 18.6 Å². The van der Waals surface area contributed by atoms with E-state index < -0.39 is 6.09 Å². The quantitative estimate of drug-likeness (QED) is 0.416. The van der Waals surface area contributed by atoms with Gasteiger partial charge in [0.25, 0.3) is 0 Å². The molecule has 0 bridgehead atoms. The fourth-order valence-corrected chi connectivity index (χ4v) is 1.24. The topological polar surface area (TPSA) is 81.6 Å². The molecular formula is C6H12N2O3. The molecule has 0 radical (unpaired) electrons. The molecule has 4 N–H and O–H groups in total. The Morgan fingerprint density at radius 3 is 2.91 bits per heavy atom. The molecule has 5 nitrogen and oxygen atoms in total. The predicted octanol–water partition coefficient (Wildman–Crippen LogP) is -1.02. The van der Waals surface area contributed by atoms with E-state index >= 15 is 0 Å². The van der Waals surface area contributed by atoms with Gasteiger partial charge in [-0.15, -0.1) is 0 Å². The highest BCUT2D eigenvalue weighted by molar-refractivity contribution is 5.64. The van der Waals surface area contributed by atoms with Crippen molar-refractivity contribution in [1.29, 1.82) is 0 Å². The first kappa shape index (κ1) is 8.29. The maximum atomic E-state index is 10.1. The highest BCUT2D eigenvalue weighted by Crippen LogP contribution is 2.04. The van der Waals surface area contributed by atoms with Crippen LogP contribution in [0, 0.1) is 0 Å². The minimum Gasteiger partial charge on any atom is -0.465 e. The average Bonchev–Trinajstić information content (AvgIpc) is 2.34. The number of hydrogen-bond acceptors (Lipinski definition) is 3. The third-order valence-corrected chi connectivity index (χ3v) is 1.77. The van der Waals surface area contributed by atoms with Gasteiger partial charge < -0.3 is 20.8 Å². The standard InChI is InChI=1S/C6H12N2O3/c9-3-5-1-4(2-7-5)8-6(10)11/h4-5,7-9H,1-3H2,(H,10,11)/t4-,5-/m1/s1. The van der Waals surface area contributed by atoms with Gasteiger partial charge in [0.2, 0.25) is 0 Å². The van der Waals surface area contributed by atoms with Gasteiger partial charge >= 0.3 is 6.09 Å². The molecule has 0 aromatic heterocycles. The lowest BCUT2D eigenvalue weighted by Gasteiger charge is -2.07. The van der Waals surface area contributed by atoms with Crippen molar-refractivity contribution in [2.24, 2.45) is 0 Å². The number of carbonyl (C=O) groups is 1. The molecular weight excluding hydrogens is 148 g/mol. The van der Waals surface area contributed by atoms with E-state index in [1.807, 2.05) is 0 Å². The molecule has 1 saturated heterocycles. The van der Waals surface area contributed by atoms with Crippen molar-refractivity contribution in [2.75, 3.05) is 13.2 Å². The van der Waals surface area contributed by atoms with E-state index in [0.29, 0.717) is 13.0 Å². The minimum absolute atomic E-state index is 0.0480. The van der Waals surface area contributed by atoms with E-state index in [4.69, 9.17) is 10.2 Å². The molecule has 1 heterocycles. The van der Waals surface area contributed by atoms with Crippen LogP contribution in [0.1, 0.15) is 6.42 Å². The largest absolute Gasteiger partial charge is 0.465 e. The number of aliphatic hydroxyl groups is 1. The zero-order chi connectivity index (χ0) is 8.27. The van der Waals surface area contributed by atoms with Crippen molar-refractivity contribution in [3.63, 3.8) is 0 Å². The summed E-state index contributed by atoms with van der Waals surface area (Å²) in [6.07, 6.45) is -0.335. The molecule has 1 aliphatic rings. The molecule has 1 rings (SSSR count). The van der Waals surface area contributed by atoms with Crippen LogP contribution in [-0.4, -0.2) is 41.5 Å². The van der Waals surface area contributed by atoms with Crippen molar-refractivity contribution in [3.8, 4) is 0 Å². The third-order valence-electron chi connectivity index (χ3n) is 1.77. The zero-order valence-electron chi connectivity index (χ0n) is 6.08. The molecule has 0 aromatic rings. The first-order valence-electron chi connectivity index (χ1n) is 3.56. The van der Waals surface area contributed by atoms with Crippen molar-refractivity contribution in [1.82, 2.24) is 10.6 Å². The van der Waals surface area contributed by atoms with Gasteiger partial charge in [-0.2, -0.15) is 0 Å². The Kier molecular flexibility index (Phi) is 2.67. The molecule has 1 amide bonds. The smallest absolute Gasteiger partial charge is 0.404 e. The Labute approximate surface area is 64.4 Å². The number of amides is 1. The van der Waals surface area contributed by atoms with Crippen LogP contribution in [0.3, 0.4) is 0 Å². The van der Waals surface area contributed by atoms with Gasteiger partial charge in [0.15, 0.2) is 0 Å². The summed E-state index contributed by atoms with van der Waals surface area (Å²) in [6.45, 7) is 0.676. The SMILES string of the molecule is O=C(O)N[C@H]1CN[C@@H](CO)C1. The van der Waals surface area contributed by atoms with Crippen LogP contribution in [0.5, 0.6) is 0 Å². The second kappa shape index (κ2) is 3.54. The summed E-state index contributed by atoms with van der Waals surface area (Å²) in [5.41, 5.74) is 0. The Balaban J connectivity index is 2.24. The van der Waals surface area contributed by atoms with Crippen LogP contribution in [0.2, 0.25) is 0 Å². The number of rotatable bonds is 2. The normalized spacial score (nSPS) is 30.3. The lowest BCUT2D eigenvalue weighted by atomic mass is 10.2. The second-order valence-electron chi connectivity index (χ2n) is 2.67. The van der Waals surface area contributed by atoms with Crippen LogP contribution >= 0.6 is 0 Å². The highest BCUT2D eigenvalue weighted by Gasteiger charge is 2.23. The van der Waals surface area contributed by atoms with Crippen LogP contribution in [0.25, 0.3) is 0 Å². The Morgan fingerprint density at radius 2 is 2.45 bits per heavy atom. The fraction of sp³-hybridized carbons (Fsp3) is 0.833. The van der Waals surface area contributed by atoms with Gasteiger partial charge in [-0.3, -0.25) is 0 Å². The summed E-state index contributed by atoms with van der Waals surface area (Å²) in [7, 11) is 0. The summed E-state index contributed by atoms with van der Waals surface area (Å²) in [5, 5.41) is 22.3. The van der Waals surface area contributed by atoms with E-state index in [9.17, 15) is 4.79 Å². The predicted molar refractivity (Wildman–Crippen MR) is 38.4 cm³/mol. The van der Waals surface area contributed by atoms with Gasteiger partial charge in [0.1, 0.15) is 0 Å². The van der Waals surface area contributed by atoms with E-state index in [-0.39, 0.29) is 18.7 Å². The van der Waals surface area contributed by atoms with E-state index in [2.05, 4.69) is 10.6 Å². The van der Waals surface area contributed by atoms with Gasteiger partial charge in [-0.1, -0.05) is 0 Å². The third kappa shape index (κ3) is 2.36.